The maximum Gasteiger partial charge on any atom is 0.333 e. The van der Waals surface area contributed by atoms with Crippen LogP contribution in [0.4, 0.5) is 17.1 Å². The second kappa shape index (κ2) is 8.24. The number of benzene rings is 7. The zero-order chi connectivity index (χ0) is 30.8. The summed E-state index contributed by atoms with van der Waals surface area (Å²) in [5.74, 6) is 0. The van der Waals surface area contributed by atoms with E-state index in [1.807, 2.05) is 11.3 Å². The fraction of sp³-hybridized carbons (Fsp3) is 0.0476. The van der Waals surface area contributed by atoms with E-state index in [4.69, 9.17) is 0 Å². The van der Waals surface area contributed by atoms with E-state index in [0.717, 1.165) is 0 Å². The number of hydrogen-bond acceptors (Lipinski definition) is 2. The van der Waals surface area contributed by atoms with Crippen LogP contribution in [0.1, 0.15) is 0 Å². The summed E-state index contributed by atoms with van der Waals surface area (Å²) in [4.78, 5) is 2.70. The van der Waals surface area contributed by atoms with Crippen molar-refractivity contribution in [1.29, 1.82) is 0 Å². The van der Waals surface area contributed by atoms with Gasteiger partial charge in [0, 0.05) is 58.9 Å². The molecule has 0 unspecified atom stereocenters. The van der Waals surface area contributed by atoms with E-state index in [2.05, 4.69) is 150 Å². The molecule has 0 saturated heterocycles. The van der Waals surface area contributed by atoms with Crippen LogP contribution < -0.4 is 26.2 Å². The molecule has 2 aromatic heterocycles. The average molecular weight is 631 g/mol. The Morgan fingerprint density at radius 2 is 1.36 bits per heavy atom. The highest BCUT2D eigenvalue weighted by atomic mass is 32.1. The first-order valence-corrected chi connectivity index (χ1v) is 20.4. The summed E-state index contributed by atoms with van der Waals surface area (Å²) in [5.41, 5.74) is 12.4. The molecular formula is C42H27BN2SSi. The van der Waals surface area contributed by atoms with E-state index in [-0.39, 0.29) is 6.85 Å². The molecular weight excluding hydrogens is 603 g/mol. The molecule has 47 heavy (non-hydrogen) atoms. The number of aromatic nitrogens is 1. The molecule has 5 heteroatoms. The Morgan fingerprint density at radius 3 is 2.30 bits per heavy atom. The molecule has 0 bridgehead atoms. The summed E-state index contributed by atoms with van der Waals surface area (Å²) in [7, 11) is -2.01. The minimum atomic E-state index is -2.01. The number of anilines is 3. The van der Waals surface area contributed by atoms with Gasteiger partial charge in [0.1, 0.15) is 8.07 Å². The Bertz CT molecular complexity index is 2910. The quantitative estimate of drug-likeness (QED) is 0.152. The maximum atomic E-state index is 2.72. The van der Waals surface area contributed by atoms with Crippen LogP contribution in [-0.4, -0.2) is 19.4 Å². The Labute approximate surface area is 277 Å². The fourth-order valence-electron chi connectivity index (χ4n) is 9.62. The number of thiophene rings is 1. The Kier molecular flexibility index (Phi) is 4.39. The molecule has 0 spiro atoms. The van der Waals surface area contributed by atoms with Crippen molar-refractivity contribution in [3.05, 3.63) is 127 Å². The molecule has 0 N–H and O–H groups in total. The summed E-state index contributed by atoms with van der Waals surface area (Å²) < 4.78 is 5.44. The summed E-state index contributed by atoms with van der Waals surface area (Å²) in [5, 5.41) is 11.2. The molecule has 12 rings (SSSR count). The monoisotopic (exact) mass is 630 g/mol. The lowest BCUT2D eigenvalue weighted by atomic mass is 9.45. The van der Waals surface area contributed by atoms with Crippen LogP contribution in [0, 0.1) is 0 Å². The minimum Gasteiger partial charge on any atom is -0.375 e. The van der Waals surface area contributed by atoms with Gasteiger partial charge >= 0.3 is 6.85 Å². The lowest BCUT2D eigenvalue weighted by Gasteiger charge is -2.47. The zero-order valence-electron chi connectivity index (χ0n) is 26.0. The highest BCUT2D eigenvalue weighted by Gasteiger charge is 2.49. The molecule has 5 heterocycles. The van der Waals surface area contributed by atoms with Crippen molar-refractivity contribution in [2.45, 2.75) is 13.1 Å². The number of rotatable bonds is 0. The van der Waals surface area contributed by atoms with Crippen LogP contribution in [0.5, 0.6) is 0 Å². The third-order valence-corrected chi connectivity index (χ3v) is 16.2. The average Bonchev–Trinajstić information content (AvgIpc) is 3.65. The van der Waals surface area contributed by atoms with Crippen molar-refractivity contribution >= 4 is 117 Å². The van der Waals surface area contributed by atoms with E-state index >= 15 is 0 Å². The smallest absolute Gasteiger partial charge is 0.333 e. The van der Waals surface area contributed by atoms with Crippen molar-refractivity contribution in [3.63, 3.8) is 0 Å². The van der Waals surface area contributed by atoms with Crippen molar-refractivity contribution in [2.75, 3.05) is 4.90 Å². The van der Waals surface area contributed by atoms with Crippen LogP contribution in [-0.2, 0) is 0 Å². The second-order valence-electron chi connectivity index (χ2n) is 14.0. The number of nitrogens with zero attached hydrogens (tertiary/aromatic N) is 2. The largest absolute Gasteiger partial charge is 0.375 e. The molecule has 218 valence electrons. The van der Waals surface area contributed by atoms with Gasteiger partial charge < -0.3 is 9.38 Å². The van der Waals surface area contributed by atoms with Gasteiger partial charge in [-0.15, -0.1) is 11.3 Å². The van der Waals surface area contributed by atoms with Gasteiger partial charge in [-0.05, 0) is 61.9 Å². The first-order valence-electron chi connectivity index (χ1n) is 16.6. The molecule has 3 aliphatic rings. The van der Waals surface area contributed by atoms with Crippen molar-refractivity contribution < 1.29 is 0 Å². The Balaban J connectivity index is 1.36. The molecule has 0 aliphatic carbocycles. The molecule has 3 aliphatic heterocycles. The zero-order valence-corrected chi connectivity index (χ0v) is 27.8. The van der Waals surface area contributed by atoms with Crippen molar-refractivity contribution in [2.24, 2.45) is 0 Å². The molecule has 0 radical (unpaired) electrons. The van der Waals surface area contributed by atoms with E-state index in [9.17, 15) is 0 Å². The van der Waals surface area contributed by atoms with Gasteiger partial charge in [-0.25, -0.2) is 0 Å². The lowest BCUT2D eigenvalue weighted by Crippen LogP contribution is -2.65. The number of fused-ring (bicyclic) bond motifs is 15. The van der Waals surface area contributed by atoms with Crippen molar-refractivity contribution in [3.8, 4) is 11.1 Å². The second-order valence-corrected chi connectivity index (χ2v) is 19.4. The van der Waals surface area contributed by atoms with Gasteiger partial charge in [-0.2, -0.15) is 0 Å². The Morgan fingerprint density at radius 1 is 0.596 bits per heavy atom. The summed E-state index contributed by atoms with van der Waals surface area (Å²) in [6.07, 6.45) is 0. The molecule has 7 aromatic carbocycles. The highest BCUT2D eigenvalue weighted by Crippen LogP contribution is 2.51. The molecule has 0 atom stereocenters. The van der Waals surface area contributed by atoms with Gasteiger partial charge in [-0.3, -0.25) is 0 Å². The van der Waals surface area contributed by atoms with E-state index in [1.54, 1.807) is 0 Å². The van der Waals surface area contributed by atoms with E-state index in [1.165, 1.54) is 102 Å². The van der Waals surface area contributed by atoms with Gasteiger partial charge in [0.25, 0.3) is 0 Å². The van der Waals surface area contributed by atoms with Crippen LogP contribution in [0.15, 0.2) is 127 Å². The summed E-state index contributed by atoms with van der Waals surface area (Å²) in [6.45, 7) is 5.16. The van der Waals surface area contributed by atoms with E-state index in [0.29, 0.717) is 0 Å². The fourth-order valence-corrected chi connectivity index (χ4v) is 13.8. The van der Waals surface area contributed by atoms with Crippen LogP contribution in [0.25, 0.3) is 63.9 Å². The SMILES string of the molecule is C[Si]1(C)c2ccccc2N2c3c(cccc31)B1c3c(cc4sc5ccccc5c4c32)-c2cccc3c4c5ccccc5ccc4n1c23. The normalized spacial score (nSPS) is 15.1. The third kappa shape index (κ3) is 2.79. The van der Waals surface area contributed by atoms with Gasteiger partial charge in [0.2, 0.25) is 0 Å². The van der Waals surface area contributed by atoms with Crippen molar-refractivity contribution in [1.82, 2.24) is 4.48 Å². The minimum absolute atomic E-state index is 0.0698. The van der Waals surface area contributed by atoms with Gasteiger partial charge in [0.15, 0.2) is 0 Å². The molecule has 0 fully saturated rings. The lowest BCUT2D eigenvalue weighted by molar-refractivity contribution is 1.27. The first-order chi connectivity index (χ1) is 23.1. The van der Waals surface area contributed by atoms with Crippen LogP contribution in [0.3, 0.4) is 0 Å². The molecule has 9 aromatic rings. The predicted octanol–water partition coefficient (Wildman–Crippen LogP) is 8.87. The van der Waals surface area contributed by atoms with Crippen LogP contribution >= 0.6 is 11.3 Å². The maximum absolute atomic E-state index is 2.72. The van der Waals surface area contributed by atoms with Gasteiger partial charge in [0.05, 0.1) is 5.69 Å². The highest BCUT2D eigenvalue weighted by molar-refractivity contribution is 7.26. The molecule has 2 nitrogen and oxygen atoms in total. The first kappa shape index (κ1) is 25.0. The van der Waals surface area contributed by atoms with E-state index < -0.39 is 8.07 Å². The third-order valence-electron chi connectivity index (χ3n) is 11.5. The number of hydrogen-bond donors (Lipinski definition) is 0. The van der Waals surface area contributed by atoms with Crippen LogP contribution in [0.2, 0.25) is 13.1 Å². The summed E-state index contributed by atoms with van der Waals surface area (Å²) >= 11 is 1.94. The molecule has 0 amide bonds. The Hall–Kier alpha value is -5.10. The summed E-state index contributed by atoms with van der Waals surface area (Å²) in [6, 6.07) is 48.7. The van der Waals surface area contributed by atoms with Gasteiger partial charge in [-0.1, -0.05) is 116 Å². The molecule has 0 saturated carbocycles. The standard InChI is InChI=1S/C42H27BN2SSi/c1-47(2)35-19-8-6-17-31(35)44-41-30(16-10-20-36(41)47)43-39-29(23-34-38(42(39)44)27-13-5-7-18-33(27)46-34)26-14-9-15-28-37-25-12-4-3-11-24(25)21-22-32(37)45(43)40(26)28/h3-23H,1-2H3. The number of para-hydroxylation sites is 3. The topological polar surface area (TPSA) is 8.17 Å². The predicted molar refractivity (Wildman–Crippen MR) is 207 cm³/mol.